The van der Waals surface area contributed by atoms with Crippen LogP contribution in [0.5, 0.6) is 5.75 Å². The first kappa shape index (κ1) is 19.4. The van der Waals surface area contributed by atoms with Crippen molar-refractivity contribution in [2.24, 2.45) is 0 Å². The van der Waals surface area contributed by atoms with E-state index >= 15 is 0 Å². The second-order valence-electron chi connectivity index (χ2n) is 6.68. The molecule has 3 rings (SSSR count). The Morgan fingerprint density at radius 2 is 1.48 bits per heavy atom. The van der Waals surface area contributed by atoms with Crippen LogP contribution >= 0.6 is 15.9 Å². The van der Waals surface area contributed by atoms with E-state index in [4.69, 9.17) is 4.42 Å². The maximum Gasteiger partial charge on any atom is 0.342 e. The van der Waals surface area contributed by atoms with Gasteiger partial charge in [-0.1, -0.05) is 58.4 Å². The fourth-order valence-electron chi connectivity index (χ4n) is 3.10. The monoisotopic (exact) mass is 426 g/mol. The summed E-state index contributed by atoms with van der Waals surface area (Å²) >= 11 is 3.43. The summed E-state index contributed by atoms with van der Waals surface area (Å²) < 4.78 is 6.49. The summed E-state index contributed by atoms with van der Waals surface area (Å²) in [6, 6.07) is 19.9. The lowest BCUT2D eigenvalue weighted by atomic mass is 10.0. The van der Waals surface area contributed by atoms with Crippen molar-refractivity contribution in [3.63, 3.8) is 0 Å². The van der Waals surface area contributed by atoms with Gasteiger partial charge in [-0.2, -0.15) is 0 Å². The van der Waals surface area contributed by atoms with E-state index in [9.17, 15) is 9.90 Å². The summed E-state index contributed by atoms with van der Waals surface area (Å²) in [5.74, 6) is 0.581. The van der Waals surface area contributed by atoms with Gasteiger partial charge >= 0.3 is 5.63 Å². The third-order valence-corrected chi connectivity index (χ3v) is 5.16. The second kappa shape index (κ2) is 9.56. The van der Waals surface area contributed by atoms with Gasteiger partial charge in [0.1, 0.15) is 11.5 Å². The van der Waals surface area contributed by atoms with Crippen LogP contribution in [0, 0.1) is 0 Å². The van der Waals surface area contributed by atoms with Crippen LogP contribution in [0.3, 0.4) is 0 Å². The van der Waals surface area contributed by atoms with Gasteiger partial charge in [-0.3, -0.25) is 0 Å². The molecule has 3 nitrogen and oxygen atoms in total. The molecule has 0 atom stereocenters. The Labute approximate surface area is 167 Å². The lowest BCUT2D eigenvalue weighted by molar-refractivity contribution is 0.410. The minimum Gasteiger partial charge on any atom is -0.507 e. The summed E-state index contributed by atoms with van der Waals surface area (Å²) in [5, 5.41) is 10.3. The van der Waals surface area contributed by atoms with E-state index in [-0.39, 0.29) is 5.75 Å². The highest BCUT2D eigenvalue weighted by molar-refractivity contribution is 9.10. The van der Waals surface area contributed by atoms with E-state index in [2.05, 4.69) is 28.1 Å². The average molecular weight is 427 g/mol. The van der Waals surface area contributed by atoms with E-state index in [1.807, 2.05) is 42.5 Å². The molecule has 2 aromatic carbocycles. The number of rotatable bonds is 8. The molecule has 27 heavy (non-hydrogen) atoms. The van der Waals surface area contributed by atoms with E-state index in [0.29, 0.717) is 24.2 Å². The van der Waals surface area contributed by atoms with Gasteiger partial charge in [-0.15, -0.1) is 0 Å². The number of hydrogen-bond acceptors (Lipinski definition) is 3. The van der Waals surface area contributed by atoms with Crippen LogP contribution in [-0.2, 0) is 25.7 Å². The van der Waals surface area contributed by atoms with Crippen LogP contribution in [-0.4, -0.2) is 5.11 Å². The van der Waals surface area contributed by atoms with Gasteiger partial charge in [-0.25, -0.2) is 4.79 Å². The maximum atomic E-state index is 12.2. The molecule has 1 N–H and O–H groups in total. The zero-order valence-corrected chi connectivity index (χ0v) is 16.7. The first-order valence-electron chi connectivity index (χ1n) is 9.25. The quantitative estimate of drug-likeness (QED) is 0.486. The summed E-state index contributed by atoms with van der Waals surface area (Å²) in [7, 11) is 0. The Kier molecular flexibility index (Phi) is 6.88. The number of aryl methyl sites for hydroxylation is 3. The number of halogens is 1. The largest absolute Gasteiger partial charge is 0.507 e. The number of unbranched alkanes of at least 4 members (excludes halogenated alkanes) is 1. The second-order valence-corrected chi connectivity index (χ2v) is 7.60. The summed E-state index contributed by atoms with van der Waals surface area (Å²) in [5.41, 5.74) is 2.42. The van der Waals surface area contributed by atoms with Gasteiger partial charge in [0.15, 0.2) is 0 Å². The van der Waals surface area contributed by atoms with Crippen molar-refractivity contribution in [3.05, 3.63) is 98.0 Å². The molecule has 0 fully saturated rings. The summed E-state index contributed by atoms with van der Waals surface area (Å²) in [6.45, 7) is 0. The molecule has 1 aromatic heterocycles. The van der Waals surface area contributed by atoms with Crippen molar-refractivity contribution < 1.29 is 9.52 Å². The highest BCUT2D eigenvalue weighted by Crippen LogP contribution is 2.19. The Bertz CT molecular complexity index is 915. The van der Waals surface area contributed by atoms with Gasteiger partial charge in [0, 0.05) is 17.0 Å². The fourth-order valence-corrected chi connectivity index (χ4v) is 3.37. The normalized spacial score (nSPS) is 10.9. The fraction of sp³-hybridized carbons (Fsp3) is 0.261. The first-order valence-corrected chi connectivity index (χ1v) is 10.0. The van der Waals surface area contributed by atoms with E-state index in [1.165, 1.54) is 11.1 Å². The molecular weight excluding hydrogens is 404 g/mol. The van der Waals surface area contributed by atoms with Crippen LogP contribution in [0.1, 0.15) is 35.3 Å². The summed E-state index contributed by atoms with van der Waals surface area (Å²) in [4.78, 5) is 12.2. The van der Waals surface area contributed by atoms with E-state index in [0.717, 1.165) is 30.2 Å². The van der Waals surface area contributed by atoms with Crippen LogP contribution in [0.4, 0.5) is 0 Å². The third-order valence-electron chi connectivity index (χ3n) is 4.64. The Hall–Kier alpha value is -2.33. The number of aromatic hydroxyl groups is 1. The molecule has 0 unspecified atom stereocenters. The molecule has 4 heteroatoms. The van der Waals surface area contributed by atoms with Crippen molar-refractivity contribution >= 4 is 15.9 Å². The molecule has 0 saturated heterocycles. The molecule has 0 bridgehead atoms. The topological polar surface area (TPSA) is 50.4 Å². The minimum absolute atomic E-state index is 0.0537. The zero-order valence-electron chi connectivity index (χ0n) is 15.2. The van der Waals surface area contributed by atoms with E-state index in [1.54, 1.807) is 6.07 Å². The van der Waals surface area contributed by atoms with Gasteiger partial charge in [0.2, 0.25) is 0 Å². The summed E-state index contributed by atoms with van der Waals surface area (Å²) in [6.07, 6.45) is 4.64. The Balaban J connectivity index is 1.53. The number of hydrogen-bond donors (Lipinski definition) is 1. The SMILES string of the molecule is O=c1oc(CCc2ccccc2)cc(O)c1CCCCc1ccc(Br)cc1. The van der Waals surface area contributed by atoms with Crippen LogP contribution in [0.25, 0.3) is 0 Å². The standard InChI is InChI=1S/C23H23BrO3/c24-19-13-10-18(11-14-19)8-4-5-9-21-22(25)16-20(27-23(21)26)15-12-17-6-2-1-3-7-17/h1-3,6-7,10-11,13-14,16,25H,4-5,8-9,12,15H2. The van der Waals surface area contributed by atoms with Gasteiger partial charge in [0.05, 0.1) is 5.56 Å². The van der Waals surface area contributed by atoms with E-state index < -0.39 is 5.63 Å². The van der Waals surface area contributed by atoms with Crippen molar-refractivity contribution in [2.75, 3.05) is 0 Å². The van der Waals surface area contributed by atoms with Crippen molar-refractivity contribution in [1.29, 1.82) is 0 Å². The van der Waals surface area contributed by atoms with Crippen molar-refractivity contribution in [2.45, 2.75) is 38.5 Å². The Morgan fingerprint density at radius 3 is 2.19 bits per heavy atom. The molecule has 0 saturated carbocycles. The molecular formula is C23H23BrO3. The molecule has 0 amide bonds. The molecule has 0 radical (unpaired) electrons. The molecule has 0 aliphatic rings. The lowest BCUT2D eigenvalue weighted by Gasteiger charge is -2.06. The van der Waals surface area contributed by atoms with Gasteiger partial charge < -0.3 is 9.52 Å². The number of benzene rings is 2. The molecule has 1 heterocycles. The Morgan fingerprint density at radius 1 is 0.815 bits per heavy atom. The molecule has 0 aliphatic carbocycles. The lowest BCUT2D eigenvalue weighted by Crippen LogP contribution is -2.10. The van der Waals surface area contributed by atoms with Crippen LogP contribution in [0.15, 0.2) is 74.3 Å². The highest BCUT2D eigenvalue weighted by atomic mass is 79.9. The van der Waals surface area contributed by atoms with Gasteiger partial charge in [-0.05, 0) is 55.4 Å². The minimum atomic E-state index is -0.415. The third kappa shape index (κ3) is 5.83. The van der Waals surface area contributed by atoms with Crippen LogP contribution in [0.2, 0.25) is 0 Å². The van der Waals surface area contributed by atoms with Crippen molar-refractivity contribution in [3.8, 4) is 5.75 Å². The molecule has 0 spiro atoms. The average Bonchev–Trinajstić information content (AvgIpc) is 2.67. The van der Waals surface area contributed by atoms with Gasteiger partial charge in [0.25, 0.3) is 0 Å². The smallest absolute Gasteiger partial charge is 0.342 e. The first-order chi connectivity index (χ1) is 13.1. The predicted molar refractivity (Wildman–Crippen MR) is 111 cm³/mol. The van der Waals surface area contributed by atoms with Crippen LogP contribution < -0.4 is 5.63 Å². The molecule has 0 aliphatic heterocycles. The zero-order chi connectivity index (χ0) is 19.1. The maximum absolute atomic E-state index is 12.2. The van der Waals surface area contributed by atoms with Crippen molar-refractivity contribution in [1.82, 2.24) is 0 Å². The molecule has 140 valence electrons. The molecule has 3 aromatic rings. The predicted octanol–water partition coefficient (Wildman–Crippen LogP) is 5.46. The highest BCUT2D eigenvalue weighted by Gasteiger charge is 2.11.